The van der Waals surface area contributed by atoms with Gasteiger partial charge in [0.1, 0.15) is 5.65 Å². The van der Waals surface area contributed by atoms with Crippen molar-refractivity contribution in [2.45, 2.75) is 0 Å². The lowest BCUT2D eigenvalue weighted by atomic mass is 10.1. The minimum atomic E-state index is -0.176. The third-order valence-electron chi connectivity index (χ3n) is 3.65. The lowest BCUT2D eigenvalue weighted by molar-refractivity contribution is -0.862. The fourth-order valence-corrected chi connectivity index (χ4v) is 2.60. The molecule has 0 radical (unpaired) electrons. The Labute approximate surface area is 156 Å². The molecule has 0 aliphatic heterocycles. The Morgan fingerprint density at radius 1 is 1.23 bits per heavy atom. The number of hydrazone groups is 1. The molecule has 0 aliphatic carbocycles. The van der Waals surface area contributed by atoms with Crippen LogP contribution in [0.2, 0.25) is 0 Å². The average molecular weight is 374 g/mol. The van der Waals surface area contributed by atoms with E-state index in [0.29, 0.717) is 38.5 Å². The summed E-state index contributed by atoms with van der Waals surface area (Å²) in [5, 5.41) is 5.11. The largest absolute Gasteiger partial charge is 1.00 e. The summed E-state index contributed by atoms with van der Waals surface area (Å²) in [6, 6.07) is 8.84. The first-order valence-electron chi connectivity index (χ1n) is 7.87. The number of hydrogen-bond donors (Lipinski definition) is 2. The van der Waals surface area contributed by atoms with Gasteiger partial charge in [0.05, 0.1) is 38.3 Å². The van der Waals surface area contributed by atoms with Gasteiger partial charge in [-0.3, -0.25) is 9.59 Å². The first-order chi connectivity index (χ1) is 11.8. The monoisotopic (exact) mass is 373 g/mol. The lowest BCUT2D eigenvalue weighted by Gasteiger charge is -2.21. The number of likely N-dealkylation sites (N-methyl/N-ethyl adjacent to an activating group) is 1. The van der Waals surface area contributed by atoms with Gasteiger partial charge in [0.15, 0.2) is 12.0 Å². The minimum Gasteiger partial charge on any atom is -1.00 e. The summed E-state index contributed by atoms with van der Waals surface area (Å²) >= 11 is 0. The molecule has 0 saturated carbocycles. The van der Waals surface area contributed by atoms with E-state index >= 15 is 0 Å². The number of carbonyl (C=O) groups is 1. The number of halogens is 1. The van der Waals surface area contributed by atoms with Crippen molar-refractivity contribution in [3.63, 3.8) is 0 Å². The molecule has 0 fully saturated rings. The van der Waals surface area contributed by atoms with Crippen molar-refractivity contribution in [3.05, 3.63) is 52.3 Å². The van der Waals surface area contributed by atoms with Crippen molar-refractivity contribution in [1.29, 1.82) is 0 Å². The second-order valence-electron chi connectivity index (χ2n) is 6.87. The minimum absolute atomic E-state index is 0. The summed E-state index contributed by atoms with van der Waals surface area (Å²) in [4.78, 5) is 31.8. The second-order valence-corrected chi connectivity index (χ2v) is 6.87. The molecule has 0 spiro atoms. The number of nitrogens with zero attached hydrogens (tertiary/aromatic N) is 3. The molecular weight excluding hydrogens is 354 g/mol. The molecular formula is C18H20ClN5O2. The quantitative estimate of drug-likeness (QED) is 0.246. The standard InChI is InChI=1S/C18H19N5O2.ClH/c1-23(2,3)11-15(24)22-20-10-12-6-4-7-13-16(12)21-18-14(17(13)25)8-5-9-19-18;/h4-10H,11H2,1-3H3,(H-,19,20,21,22,24,25);1H. The molecule has 2 N–H and O–H groups in total. The topological polar surface area (TPSA) is 87.2 Å². The van der Waals surface area contributed by atoms with Crippen molar-refractivity contribution >= 4 is 34.1 Å². The number of amides is 1. The number of aromatic nitrogens is 2. The Kier molecular flexibility index (Phi) is 5.74. The van der Waals surface area contributed by atoms with Crippen LogP contribution in [0.3, 0.4) is 0 Å². The van der Waals surface area contributed by atoms with E-state index in [-0.39, 0.29) is 23.7 Å². The Bertz CT molecular complexity index is 1040. The number of hydrogen-bond acceptors (Lipinski definition) is 4. The molecule has 136 valence electrons. The zero-order valence-corrected chi connectivity index (χ0v) is 15.5. The van der Waals surface area contributed by atoms with E-state index in [9.17, 15) is 9.59 Å². The van der Waals surface area contributed by atoms with Crippen LogP contribution in [0.1, 0.15) is 5.56 Å². The summed E-state index contributed by atoms with van der Waals surface area (Å²) in [7, 11) is 5.78. The zero-order chi connectivity index (χ0) is 18.0. The van der Waals surface area contributed by atoms with E-state index in [4.69, 9.17) is 0 Å². The highest BCUT2D eigenvalue weighted by atomic mass is 35.5. The molecule has 3 aromatic rings. The van der Waals surface area contributed by atoms with E-state index in [1.165, 1.54) is 6.21 Å². The number of pyridine rings is 2. The van der Waals surface area contributed by atoms with Gasteiger partial charge in [-0.15, -0.1) is 0 Å². The maximum atomic E-state index is 12.6. The summed E-state index contributed by atoms with van der Waals surface area (Å²) in [5.74, 6) is -0.176. The van der Waals surface area contributed by atoms with Gasteiger partial charge in [0.2, 0.25) is 0 Å². The molecule has 0 unspecified atom stereocenters. The van der Waals surface area contributed by atoms with Crippen molar-refractivity contribution in [2.24, 2.45) is 5.10 Å². The number of nitrogens with one attached hydrogen (secondary N) is 2. The number of fused-ring (bicyclic) bond motifs is 2. The highest BCUT2D eigenvalue weighted by Crippen LogP contribution is 2.15. The predicted molar refractivity (Wildman–Crippen MR) is 98.5 cm³/mol. The van der Waals surface area contributed by atoms with Crippen LogP contribution in [0.4, 0.5) is 0 Å². The normalized spacial score (nSPS) is 11.7. The van der Waals surface area contributed by atoms with Gasteiger partial charge in [-0.2, -0.15) is 5.10 Å². The first-order valence-corrected chi connectivity index (χ1v) is 7.87. The molecule has 7 nitrogen and oxygen atoms in total. The smallest absolute Gasteiger partial charge is 0.295 e. The number of carbonyl (C=O) groups excluding carboxylic acids is 1. The number of benzene rings is 1. The molecule has 8 heteroatoms. The predicted octanol–water partition coefficient (Wildman–Crippen LogP) is -1.76. The van der Waals surface area contributed by atoms with Crippen LogP contribution in [0.5, 0.6) is 0 Å². The molecule has 3 rings (SSSR count). The van der Waals surface area contributed by atoms with Crippen LogP contribution < -0.4 is 23.3 Å². The molecule has 1 amide bonds. The van der Waals surface area contributed by atoms with Gasteiger partial charge in [-0.25, -0.2) is 10.4 Å². The second kappa shape index (κ2) is 7.63. The fraction of sp³-hybridized carbons (Fsp3) is 0.222. The highest BCUT2D eigenvalue weighted by Gasteiger charge is 2.13. The Balaban J connectivity index is 0.00000243. The number of quaternary nitrogens is 1. The molecule has 0 aliphatic rings. The third kappa shape index (κ3) is 4.25. The highest BCUT2D eigenvalue weighted by molar-refractivity contribution is 6.01. The summed E-state index contributed by atoms with van der Waals surface area (Å²) < 4.78 is 0.514. The van der Waals surface area contributed by atoms with Crippen molar-refractivity contribution in [3.8, 4) is 0 Å². The van der Waals surface area contributed by atoms with Gasteiger partial charge in [-0.1, -0.05) is 12.1 Å². The van der Waals surface area contributed by atoms with Gasteiger partial charge in [0, 0.05) is 17.1 Å². The molecule has 0 saturated heterocycles. The summed E-state index contributed by atoms with van der Waals surface area (Å²) in [5.41, 5.74) is 4.30. The SMILES string of the molecule is C[N+](C)(C)CC(=O)N/N=C/c1cccc2c(=O)c3cccnc3[nH]c12.[Cl-]. The molecule has 0 bridgehead atoms. The molecule has 1 aromatic carbocycles. The van der Waals surface area contributed by atoms with Crippen LogP contribution in [-0.4, -0.2) is 54.3 Å². The van der Waals surface area contributed by atoms with Crippen LogP contribution in [0, 0.1) is 0 Å². The van der Waals surface area contributed by atoms with E-state index in [1.54, 1.807) is 30.5 Å². The first kappa shape index (κ1) is 19.6. The maximum absolute atomic E-state index is 12.6. The van der Waals surface area contributed by atoms with E-state index in [0.717, 1.165) is 0 Å². The molecule has 0 atom stereocenters. The van der Waals surface area contributed by atoms with Crippen LogP contribution in [0.15, 0.2) is 46.4 Å². The number of aromatic amines is 1. The van der Waals surface area contributed by atoms with Crippen LogP contribution in [0.25, 0.3) is 21.9 Å². The van der Waals surface area contributed by atoms with E-state index < -0.39 is 0 Å². The third-order valence-corrected chi connectivity index (χ3v) is 3.65. The molecule has 2 heterocycles. The Hall–Kier alpha value is -2.77. The zero-order valence-electron chi connectivity index (χ0n) is 14.8. The van der Waals surface area contributed by atoms with Crippen LogP contribution >= 0.6 is 0 Å². The van der Waals surface area contributed by atoms with Crippen molar-refractivity contribution in [1.82, 2.24) is 15.4 Å². The van der Waals surface area contributed by atoms with E-state index in [2.05, 4.69) is 20.5 Å². The van der Waals surface area contributed by atoms with Crippen molar-refractivity contribution in [2.75, 3.05) is 27.7 Å². The Morgan fingerprint density at radius 2 is 1.96 bits per heavy atom. The average Bonchev–Trinajstić information content (AvgIpc) is 2.54. The van der Waals surface area contributed by atoms with Crippen LogP contribution in [-0.2, 0) is 4.79 Å². The molecule has 26 heavy (non-hydrogen) atoms. The van der Waals surface area contributed by atoms with Gasteiger partial charge in [0.25, 0.3) is 5.91 Å². The Morgan fingerprint density at radius 3 is 2.69 bits per heavy atom. The fourth-order valence-electron chi connectivity index (χ4n) is 2.60. The summed E-state index contributed by atoms with van der Waals surface area (Å²) in [6.07, 6.45) is 3.16. The van der Waals surface area contributed by atoms with Gasteiger partial charge in [-0.05, 0) is 18.2 Å². The van der Waals surface area contributed by atoms with E-state index in [1.807, 2.05) is 27.2 Å². The number of H-pyrrole nitrogens is 1. The number of rotatable bonds is 4. The maximum Gasteiger partial charge on any atom is 0.295 e. The van der Waals surface area contributed by atoms with Crippen molar-refractivity contribution < 1.29 is 21.7 Å². The van der Waals surface area contributed by atoms with Gasteiger partial charge < -0.3 is 21.9 Å². The lowest BCUT2D eigenvalue weighted by Crippen LogP contribution is -3.00. The summed E-state index contributed by atoms with van der Waals surface area (Å²) in [6.45, 7) is 0.318. The number of para-hydroxylation sites is 1. The molecule has 2 aromatic heterocycles. The van der Waals surface area contributed by atoms with Gasteiger partial charge >= 0.3 is 0 Å².